The van der Waals surface area contributed by atoms with Crippen LogP contribution in [0.1, 0.15) is 19.3 Å². The summed E-state index contributed by atoms with van der Waals surface area (Å²) in [5.74, 6) is 0.814. The highest BCUT2D eigenvalue weighted by atomic mass is 19.4. The maximum Gasteiger partial charge on any atom is 0.389 e. The lowest BCUT2D eigenvalue weighted by molar-refractivity contribution is -0.135. The van der Waals surface area contributed by atoms with Crippen LogP contribution in [0, 0.1) is 0 Å². The van der Waals surface area contributed by atoms with Gasteiger partial charge in [-0.3, -0.25) is 0 Å². The van der Waals surface area contributed by atoms with E-state index in [1.54, 1.807) is 0 Å². The molecular weight excluding hydrogens is 243 g/mol. The Bertz CT molecular complexity index is 314. The molecule has 0 radical (unpaired) electrons. The fourth-order valence-corrected chi connectivity index (χ4v) is 1.44. The number of alkyl halides is 3. The molecule has 0 unspecified atom stereocenters. The SMILES string of the molecule is FC(F)(F)CCCNCCCOc1ccccc1. The normalized spacial score (nSPS) is 11.5. The summed E-state index contributed by atoms with van der Waals surface area (Å²) in [4.78, 5) is 0. The first kappa shape index (κ1) is 14.8. The van der Waals surface area contributed by atoms with Crippen LogP contribution in [-0.2, 0) is 0 Å². The van der Waals surface area contributed by atoms with Gasteiger partial charge in [0, 0.05) is 6.42 Å². The minimum atomic E-state index is -4.04. The number of halogens is 3. The molecule has 0 aromatic heterocycles. The third kappa shape index (κ3) is 7.95. The lowest BCUT2D eigenvalue weighted by atomic mass is 10.3. The molecule has 1 aromatic rings. The smallest absolute Gasteiger partial charge is 0.389 e. The van der Waals surface area contributed by atoms with Crippen LogP contribution in [0.4, 0.5) is 13.2 Å². The van der Waals surface area contributed by atoms with Crippen LogP contribution < -0.4 is 10.1 Å². The van der Waals surface area contributed by atoms with Gasteiger partial charge < -0.3 is 10.1 Å². The average Bonchev–Trinajstić information content (AvgIpc) is 2.32. The summed E-state index contributed by atoms with van der Waals surface area (Å²) in [7, 11) is 0. The molecule has 1 aromatic carbocycles. The van der Waals surface area contributed by atoms with Crippen molar-refractivity contribution in [3.63, 3.8) is 0 Å². The summed E-state index contributed by atoms with van der Waals surface area (Å²) < 4.78 is 40.9. The third-order valence-corrected chi connectivity index (χ3v) is 2.32. The van der Waals surface area contributed by atoms with E-state index in [0.29, 0.717) is 19.7 Å². The molecule has 0 aliphatic heterocycles. The van der Waals surface area contributed by atoms with E-state index in [-0.39, 0.29) is 6.42 Å². The molecule has 18 heavy (non-hydrogen) atoms. The highest BCUT2D eigenvalue weighted by molar-refractivity contribution is 5.20. The number of ether oxygens (including phenoxy) is 1. The van der Waals surface area contributed by atoms with Crippen LogP contribution in [0.5, 0.6) is 5.75 Å². The summed E-state index contributed by atoms with van der Waals surface area (Å²) in [5.41, 5.74) is 0. The summed E-state index contributed by atoms with van der Waals surface area (Å²) in [6.45, 7) is 1.63. The van der Waals surface area contributed by atoms with Gasteiger partial charge in [-0.1, -0.05) is 18.2 Å². The van der Waals surface area contributed by atoms with Gasteiger partial charge in [0.05, 0.1) is 6.61 Å². The molecular formula is C13H18F3NO. The second-order valence-electron chi connectivity index (χ2n) is 3.98. The number of nitrogens with one attached hydrogen (secondary N) is 1. The molecule has 102 valence electrons. The summed E-state index contributed by atoms with van der Waals surface area (Å²) in [6, 6.07) is 9.44. The molecule has 0 atom stereocenters. The van der Waals surface area contributed by atoms with Gasteiger partial charge in [0.25, 0.3) is 0 Å². The zero-order valence-electron chi connectivity index (χ0n) is 10.2. The van der Waals surface area contributed by atoms with Crippen molar-refractivity contribution in [2.45, 2.75) is 25.4 Å². The lowest BCUT2D eigenvalue weighted by Crippen LogP contribution is -2.20. The van der Waals surface area contributed by atoms with Crippen molar-refractivity contribution in [2.24, 2.45) is 0 Å². The Kier molecular flexibility index (Phi) is 6.57. The predicted octanol–water partition coefficient (Wildman–Crippen LogP) is 3.39. The van der Waals surface area contributed by atoms with Crippen LogP contribution in [0.2, 0.25) is 0 Å². The number of hydrogen-bond acceptors (Lipinski definition) is 2. The van der Waals surface area contributed by atoms with Crippen LogP contribution in [-0.4, -0.2) is 25.9 Å². The molecule has 0 aliphatic carbocycles. The third-order valence-electron chi connectivity index (χ3n) is 2.32. The molecule has 1 N–H and O–H groups in total. The zero-order valence-corrected chi connectivity index (χ0v) is 10.2. The zero-order chi connectivity index (χ0) is 13.3. The van der Waals surface area contributed by atoms with Crippen LogP contribution in [0.15, 0.2) is 30.3 Å². The van der Waals surface area contributed by atoms with E-state index in [9.17, 15) is 13.2 Å². The van der Waals surface area contributed by atoms with Gasteiger partial charge in [0.1, 0.15) is 5.75 Å². The van der Waals surface area contributed by atoms with Crippen molar-refractivity contribution >= 4 is 0 Å². The van der Waals surface area contributed by atoms with E-state index >= 15 is 0 Å². The number of benzene rings is 1. The number of rotatable bonds is 8. The van der Waals surface area contributed by atoms with Crippen molar-refractivity contribution in [3.8, 4) is 5.75 Å². The Morgan fingerprint density at radius 3 is 2.33 bits per heavy atom. The molecule has 0 saturated heterocycles. The topological polar surface area (TPSA) is 21.3 Å². The molecule has 2 nitrogen and oxygen atoms in total. The Morgan fingerprint density at radius 2 is 1.67 bits per heavy atom. The fourth-order valence-electron chi connectivity index (χ4n) is 1.44. The molecule has 0 amide bonds. The molecule has 0 heterocycles. The van der Waals surface area contributed by atoms with Crippen molar-refractivity contribution < 1.29 is 17.9 Å². The highest BCUT2D eigenvalue weighted by Gasteiger charge is 2.25. The molecule has 0 aliphatic rings. The van der Waals surface area contributed by atoms with E-state index < -0.39 is 12.6 Å². The minimum Gasteiger partial charge on any atom is -0.494 e. The molecule has 0 fully saturated rings. The van der Waals surface area contributed by atoms with Gasteiger partial charge in [-0.2, -0.15) is 13.2 Å². The Morgan fingerprint density at radius 1 is 1.00 bits per heavy atom. The van der Waals surface area contributed by atoms with Gasteiger partial charge in [-0.05, 0) is 38.1 Å². The van der Waals surface area contributed by atoms with Crippen molar-refractivity contribution in [3.05, 3.63) is 30.3 Å². The van der Waals surface area contributed by atoms with E-state index in [0.717, 1.165) is 12.2 Å². The molecule has 1 rings (SSSR count). The van der Waals surface area contributed by atoms with E-state index in [1.165, 1.54) is 0 Å². The number of para-hydroxylation sites is 1. The minimum absolute atomic E-state index is 0.128. The molecule has 0 saturated carbocycles. The Balaban J connectivity index is 1.90. The summed E-state index contributed by atoms with van der Waals surface area (Å²) in [5, 5.41) is 2.96. The Labute approximate surface area is 105 Å². The van der Waals surface area contributed by atoms with Gasteiger partial charge >= 0.3 is 6.18 Å². The van der Waals surface area contributed by atoms with Crippen LogP contribution >= 0.6 is 0 Å². The molecule has 0 bridgehead atoms. The maximum atomic E-state index is 11.8. The van der Waals surface area contributed by atoms with Gasteiger partial charge in [0.15, 0.2) is 0 Å². The summed E-state index contributed by atoms with van der Waals surface area (Å²) >= 11 is 0. The maximum absolute atomic E-state index is 11.8. The average molecular weight is 261 g/mol. The van der Waals surface area contributed by atoms with E-state index in [1.807, 2.05) is 30.3 Å². The second-order valence-corrected chi connectivity index (χ2v) is 3.98. The number of hydrogen-bond donors (Lipinski definition) is 1. The van der Waals surface area contributed by atoms with Gasteiger partial charge in [-0.25, -0.2) is 0 Å². The van der Waals surface area contributed by atoms with E-state index in [2.05, 4.69) is 5.32 Å². The first-order valence-electron chi connectivity index (χ1n) is 6.03. The Hall–Kier alpha value is -1.23. The first-order chi connectivity index (χ1) is 8.58. The predicted molar refractivity (Wildman–Crippen MR) is 64.7 cm³/mol. The van der Waals surface area contributed by atoms with Crippen LogP contribution in [0.25, 0.3) is 0 Å². The standard InChI is InChI=1S/C13H18F3NO/c14-13(15,16)8-4-9-17-10-5-11-18-12-6-2-1-3-7-12/h1-3,6-7,17H,4-5,8-11H2. The largest absolute Gasteiger partial charge is 0.494 e. The van der Waals surface area contributed by atoms with Gasteiger partial charge in [-0.15, -0.1) is 0 Å². The van der Waals surface area contributed by atoms with Crippen LogP contribution in [0.3, 0.4) is 0 Å². The second kappa shape index (κ2) is 7.97. The highest BCUT2D eigenvalue weighted by Crippen LogP contribution is 2.20. The fraction of sp³-hybridized carbons (Fsp3) is 0.538. The van der Waals surface area contributed by atoms with Crippen molar-refractivity contribution in [2.75, 3.05) is 19.7 Å². The first-order valence-corrected chi connectivity index (χ1v) is 6.03. The quantitative estimate of drug-likeness (QED) is 0.724. The van der Waals surface area contributed by atoms with Crippen molar-refractivity contribution in [1.29, 1.82) is 0 Å². The lowest BCUT2D eigenvalue weighted by Gasteiger charge is -2.08. The van der Waals surface area contributed by atoms with Crippen molar-refractivity contribution in [1.82, 2.24) is 5.32 Å². The molecule has 0 spiro atoms. The molecule has 5 heteroatoms. The van der Waals surface area contributed by atoms with E-state index in [4.69, 9.17) is 4.74 Å². The monoisotopic (exact) mass is 261 g/mol. The van der Waals surface area contributed by atoms with Gasteiger partial charge in [0.2, 0.25) is 0 Å². The summed E-state index contributed by atoms with van der Waals surface area (Å²) in [6.07, 6.45) is -3.86.